The van der Waals surface area contributed by atoms with Crippen LogP contribution in [0.2, 0.25) is 0 Å². The van der Waals surface area contributed by atoms with Gasteiger partial charge in [0.1, 0.15) is 23.2 Å². The van der Waals surface area contributed by atoms with Crippen LogP contribution in [0, 0.1) is 11.6 Å². The van der Waals surface area contributed by atoms with Crippen molar-refractivity contribution in [2.45, 2.75) is 56.9 Å². The highest BCUT2D eigenvalue weighted by Gasteiger charge is 2.40. The summed E-state index contributed by atoms with van der Waals surface area (Å²) in [6.45, 7) is 3.16. The van der Waals surface area contributed by atoms with E-state index >= 15 is 8.78 Å². The van der Waals surface area contributed by atoms with E-state index in [1.54, 1.807) is 38.1 Å². The fourth-order valence-electron chi connectivity index (χ4n) is 4.57. The maximum Gasteiger partial charge on any atom is 0.221 e. The van der Waals surface area contributed by atoms with E-state index in [1.165, 1.54) is 23.0 Å². The molecule has 184 valence electrons. The van der Waals surface area contributed by atoms with Crippen LogP contribution in [0.15, 0.2) is 61.2 Å². The molecule has 3 aromatic rings. The highest BCUT2D eigenvalue weighted by Crippen LogP contribution is 2.38. The second kappa shape index (κ2) is 10.3. The number of rotatable bonds is 7. The second-order valence-corrected chi connectivity index (χ2v) is 11.1. The fraction of sp³-hybridized carbons (Fsp3) is 0.346. The van der Waals surface area contributed by atoms with Crippen molar-refractivity contribution in [3.63, 3.8) is 0 Å². The number of hydrogen-bond donors (Lipinski definition) is 0. The highest BCUT2D eigenvalue weighted by atomic mass is 32.2. The average Bonchev–Trinajstić information content (AvgIpc) is 2.84. The molecule has 2 aromatic carbocycles. The van der Waals surface area contributed by atoms with Crippen molar-refractivity contribution in [2.75, 3.05) is 0 Å². The number of carbonyl (C=O) groups excluding carboxylic acids is 1. The van der Waals surface area contributed by atoms with Gasteiger partial charge >= 0.3 is 0 Å². The lowest BCUT2D eigenvalue weighted by atomic mass is 9.92. The molecule has 0 radical (unpaired) electrons. The summed E-state index contributed by atoms with van der Waals surface area (Å²) in [7, 11) is -3.78. The summed E-state index contributed by atoms with van der Waals surface area (Å²) in [4.78, 5) is 20.1. The Labute approximate surface area is 204 Å². The first kappa shape index (κ1) is 25.1. The molecule has 4 rings (SSSR count). The van der Waals surface area contributed by atoms with E-state index in [0.29, 0.717) is 24.0 Å². The molecule has 1 fully saturated rings. The molecule has 1 unspecified atom stereocenters. The Morgan fingerprint density at radius 2 is 1.77 bits per heavy atom. The van der Waals surface area contributed by atoms with Gasteiger partial charge in [0.25, 0.3) is 0 Å². The fourth-order valence-corrected chi connectivity index (χ4v) is 6.76. The van der Waals surface area contributed by atoms with Crippen LogP contribution in [0.3, 0.4) is 0 Å². The van der Waals surface area contributed by atoms with E-state index in [9.17, 15) is 13.2 Å². The topological polar surface area (TPSA) is 80.2 Å². The van der Waals surface area contributed by atoms with Gasteiger partial charge in [-0.2, -0.15) is 4.31 Å². The Bertz CT molecular complexity index is 1300. The molecule has 0 bridgehead atoms. The zero-order valence-electron chi connectivity index (χ0n) is 19.6. The molecule has 9 heteroatoms. The van der Waals surface area contributed by atoms with E-state index in [0.717, 1.165) is 12.1 Å². The Morgan fingerprint density at radius 3 is 2.46 bits per heavy atom. The van der Waals surface area contributed by atoms with Crippen LogP contribution in [-0.4, -0.2) is 34.5 Å². The highest BCUT2D eigenvalue weighted by molar-refractivity contribution is 7.89. The van der Waals surface area contributed by atoms with Crippen molar-refractivity contribution < 1.29 is 22.0 Å². The summed E-state index contributed by atoms with van der Waals surface area (Å²) in [5.41, 5.74) is 1.02. The molecule has 1 aliphatic heterocycles. The van der Waals surface area contributed by atoms with Crippen LogP contribution in [0.1, 0.15) is 71.3 Å². The van der Waals surface area contributed by atoms with Crippen molar-refractivity contribution >= 4 is 15.8 Å². The number of aromatic nitrogens is 2. The lowest BCUT2D eigenvalue weighted by Gasteiger charge is -2.37. The molecular formula is C26H27F2N3O3S. The average molecular weight is 500 g/mol. The molecule has 1 aromatic heterocycles. The van der Waals surface area contributed by atoms with E-state index in [2.05, 4.69) is 9.97 Å². The van der Waals surface area contributed by atoms with Gasteiger partial charge in [0, 0.05) is 37.0 Å². The maximum absolute atomic E-state index is 15.1. The van der Waals surface area contributed by atoms with Gasteiger partial charge < -0.3 is 0 Å². The van der Waals surface area contributed by atoms with Gasteiger partial charge in [-0.3, -0.25) is 4.79 Å². The van der Waals surface area contributed by atoms with Gasteiger partial charge in [0.15, 0.2) is 5.78 Å². The lowest BCUT2D eigenvalue weighted by Crippen LogP contribution is -2.44. The molecule has 0 N–H and O–H groups in total. The SMILES string of the molecule is CC(CC(=O)c1cncnc1)c1cc(F)c(CN2[C@H](C)CC[C@@H](c3ccccc3)S2(=O)=O)cc1F. The number of hydrogen-bond acceptors (Lipinski definition) is 5. The Kier molecular flexibility index (Phi) is 7.37. The Balaban J connectivity index is 1.55. The summed E-state index contributed by atoms with van der Waals surface area (Å²) in [5.74, 6) is -2.24. The van der Waals surface area contributed by atoms with Gasteiger partial charge in [-0.15, -0.1) is 0 Å². The van der Waals surface area contributed by atoms with Crippen molar-refractivity contribution in [1.29, 1.82) is 0 Å². The monoisotopic (exact) mass is 499 g/mol. The largest absolute Gasteiger partial charge is 0.294 e. The van der Waals surface area contributed by atoms with Gasteiger partial charge in [-0.25, -0.2) is 27.2 Å². The quantitative estimate of drug-likeness (QED) is 0.418. The van der Waals surface area contributed by atoms with E-state index in [-0.39, 0.29) is 35.9 Å². The third kappa shape index (κ3) is 5.31. The molecule has 1 saturated heterocycles. The second-order valence-electron chi connectivity index (χ2n) is 9.04. The zero-order valence-corrected chi connectivity index (χ0v) is 20.4. The molecule has 0 aliphatic carbocycles. The number of carbonyl (C=O) groups is 1. The lowest BCUT2D eigenvalue weighted by molar-refractivity contribution is 0.0974. The number of sulfonamides is 1. The number of Topliss-reactive ketones (excluding diaryl/α,β-unsaturated/α-hetero) is 1. The van der Waals surface area contributed by atoms with Gasteiger partial charge in [0.05, 0.1) is 5.56 Å². The summed E-state index contributed by atoms with van der Waals surface area (Å²) in [6.07, 6.45) is 5.11. The number of ketones is 1. The van der Waals surface area contributed by atoms with Gasteiger partial charge in [0.2, 0.25) is 10.0 Å². The van der Waals surface area contributed by atoms with E-state index in [4.69, 9.17) is 0 Å². The van der Waals surface area contributed by atoms with Crippen LogP contribution in [-0.2, 0) is 16.6 Å². The minimum Gasteiger partial charge on any atom is -0.294 e. The summed E-state index contributed by atoms with van der Waals surface area (Å²) in [6, 6.07) is 10.7. The van der Waals surface area contributed by atoms with Crippen LogP contribution in [0.25, 0.3) is 0 Å². The third-order valence-electron chi connectivity index (χ3n) is 6.59. The Hall–Kier alpha value is -3.04. The van der Waals surface area contributed by atoms with E-state index < -0.39 is 32.8 Å². The van der Waals surface area contributed by atoms with Crippen molar-refractivity contribution in [3.8, 4) is 0 Å². The van der Waals surface area contributed by atoms with Gasteiger partial charge in [-0.05, 0) is 48.9 Å². The summed E-state index contributed by atoms with van der Waals surface area (Å²) in [5, 5.41) is -0.722. The molecule has 2 heterocycles. The summed E-state index contributed by atoms with van der Waals surface area (Å²) < 4.78 is 58.3. The molecule has 6 nitrogen and oxygen atoms in total. The van der Waals surface area contributed by atoms with Crippen molar-refractivity contribution in [2.24, 2.45) is 0 Å². The minimum atomic E-state index is -3.78. The van der Waals surface area contributed by atoms with Crippen LogP contribution in [0.4, 0.5) is 8.78 Å². The molecule has 35 heavy (non-hydrogen) atoms. The van der Waals surface area contributed by atoms with Crippen LogP contribution in [0.5, 0.6) is 0 Å². The standard InChI is InChI=1S/C26H27F2N3O3S/c1-17(10-25(32)21-13-29-16-30-14-21)22-12-23(27)20(11-24(22)28)15-31-18(2)8-9-26(35(31,33)34)19-6-4-3-5-7-19/h3-7,11-14,16-18,26H,8-10,15H2,1-2H3/t17?,18-,26+/m1/s1. The molecule has 0 amide bonds. The summed E-state index contributed by atoms with van der Waals surface area (Å²) >= 11 is 0. The van der Waals surface area contributed by atoms with E-state index in [1.807, 2.05) is 6.07 Å². The van der Waals surface area contributed by atoms with Gasteiger partial charge in [-0.1, -0.05) is 37.3 Å². The predicted molar refractivity (Wildman–Crippen MR) is 128 cm³/mol. The first-order valence-electron chi connectivity index (χ1n) is 11.5. The first-order chi connectivity index (χ1) is 16.7. The smallest absolute Gasteiger partial charge is 0.221 e. The molecule has 1 aliphatic rings. The molecule has 0 saturated carbocycles. The maximum atomic E-state index is 15.1. The van der Waals surface area contributed by atoms with Crippen molar-refractivity contribution in [1.82, 2.24) is 14.3 Å². The third-order valence-corrected chi connectivity index (χ3v) is 8.96. The number of nitrogens with zero attached hydrogens (tertiary/aromatic N) is 3. The normalized spacial score (nSPS) is 20.9. The Morgan fingerprint density at radius 1 is 1.09 bits per heavy atom. The zero-order chi connectivity index (χ0) is 25.2. The van der Waals surface area contributed by atoms with Crippen molar-refractivity contribution in [3.05, 3.63) is 95.1 Å². The number of benzene rings is 2. The van der Waals surface area contributed by atoms with Crippen LogP contribution < -0.4 is 0 Å². The van der Waals surface area contributed by atoms with Crippen LogP contribution >= 0.6 is 0 Å². The molecule has 0 spiro atoms. The number of halogens is 2. The molecule has 3 atom stereocenters. The molecular weight excluding hydrogens is 472 g/mol. The predicted octanol–water partition coefficient (Wildman–Crippen LogP) is 5.19. The first-order valence-corrected chi connectivity index (χ1v) is 13.0. The minimum absolute atomic E-state index is 0.0367.